The Kier molecular flexibility index (Phi) is 4.32. The van der Waals surface area contributed by atoms with Crippen molar-refractivity contribution >= 4 is 20.8 Å². The Morgan fingerprint density at radius 3 is 2.68 bits per heavy atom. The SMILES string of the molecule is O=S(=O)(NCC#CCOc1cccc2ccccc12)C1CC1. The van der Waals surface area contributed by atoms with Crippen molar-refractivity contribution in [3.63, 3.8) is 0 Å². The molecule has 1 aliphatic rings. The van der Waals surface area contributed by atoms with Crippen LogP contribution in [-0.2, 0) is 10.0 Å². The summed E-state index contributed by atoms with van der Waals surface area (Å²) in [6.07, 6.45) is 1.51. The van der Waals surface area contributed by atoms with Gasteiger partial charge in [-0.1, -0.05) is 48.2 Å². The Bertz CT molecular complexity index is 824. The Morgan fingerprint density at radius 1 is 1.09 bits per heavy atom. The quantitative estimate of drug-likeness (QED) is 0.862. The molecule has 0 radical (unpaired) electrons. The minimum Gasteiger partial charge on any atom is -0.480 e. The molecule has 0 atom stereocenters. The number of sulfonamides is 1. The monoisotopic (exact) mass is 315 g/mol. The van der Waals surface area contributed by atoms with Gasteiger partial charge in [-0.3, -0.25) is 0 Å². The molecule has 2 aromatic carbocycles. The van der Waals surface area contributed by atoms with Gasteiger partial charge in [0, 0.05) is 5.39 Å². The highest BCUT2D eigenvalue weighted by Crippen LogP contribution is 2.27. The summed E-state index contributed by atoms with van der Waals surface area (Å²) in [6, 6.07) is 13.9. The van der Waals surface area contributed by atoms with Crippen molar-refractivity contribution in [3.8, 4) is 17.6 Å². The van der Waals surface area contributed by atoms with Gasteiger partial charge in [-0.2, -0.15) is 0 Å². The fraction of sp³-hybridized carbons (Fsp3) is 0.294. The largest absolute Gasteiger partial charge is 0.480 e. The van der Waals surface area contributed by atoms with Crippen molar-refractivity contribution in [2.75, 3.05) is 13.2 Å². The van der Waals surface area contributed by atoms with Crippen LogP contribution in [0.3, 0.4) is 0 Å². The van der Waals surface area contributed by atoms with Gasteiger partial charge in [-0.15, -0.1) is 0 Å². The van der Waals surface area contributed by atoms with E-state index in [9.17, 15) is 8.42 Å². The van der Waals surface area contributed by atoms with E-state index in [-0.39, 0.29) is 18.4 Å². The molecule has 0 saturated heterocycles. The van der Waals surface area contributed by atoms with Gasteiger partial charge in [0.2, 0.25) is 10.0 Å². The minimum absolute atomic E-state index is 0.137. The highest BCUT2D eigenvalue weighted by atomic mass is 32.2. The third kappa shape index (κ3) is 3.59. The molecule has 0 aliphatic heterocycles. The van der Waals surface area contributed by atoms with Crippen LogP contribution in [-0.4, -0.2) is 26.8 Å². The van der Waals surface area contributed by atoms with Crippen LogP contribution >= 0.6 is 0 Å². The van der Waals surface area contributed by atoms with Crippen LogP contribution < -0.4 is 9.46 Å². The first-order chi connectivity index (χ1) is 10.7. The van der Waals surface area contributed by atoms with Crippen molar-refractivity contribution < 1.29 is 13.2 Å². The predicted molar refractivity (Wildman–Crippen MR) is 87.2 cm³/mol. The van der Waals surface area contributed by atoms with E-state index in [4.69, 9.17) is 4.74 Å². The molecule has 1 N–H and O–H groups in total. The number of ether oxygens (including phenoxy) is 1. The van der Waals surface area contributed by atoms with Crippen LogP contribution in [0.4, 0.5) is 0 Å². The molecule has 114 valence electrons. The molecule has 0 amide bonds. The zero-order chi connectivity index (χ0) is 15.4. The molecular weight excluding hydrogens is 298 g/mol. The van der Waals surface area contributed by atoms with E-state index >= 15 is 0 Å². The molecule has 0 unspecified atom stereocenters. The summed E-state index contributed by atoms with van der Waals surface area (Å²) in [6.45, 7) is 0.372. The molecule has 0 spiro atoms. The number of nitrogens with one attached hydrogen (secondary N) is 1. The number of rotatable bonds is 5. The van der Waals surface area contributed by atoms with Gasteiger partial charge in [-0.05, 0) is 24.3 Å². The van der Waals surface area contributed by atoms with Gasteiger partial charge >= 0.3 is 0 Å². The van der Waals surface area contributed by atoms with Crippen LogP contribution in [0.15, 0.2) is 42.5 Å². The lowest BCUT2D eigenvalue weighted by molar-refractivity contribution is 0.374. The first kappa shape index (κ1) is 14.9. The summed E-state index contributed by atoms with van der Waals surface area (Å²) in [4.78, 5) is 0. The normalized spacial score (nSPS) is 14.4. The molecule has 0 bridgehead atoms. The van der Waals surface area contributed by atoms with Gasteiger partial charge in [0.25, 0.3) is 0 Å². The van der Waals surface area contributed by atoms with E-state index in [1.807, 2.05) is 42.5 Å². The standard InChI is InChI=1S/C17H17NO3S/c19-22(20,15-10-11-15)18-12-3-4-13-21-17-9-5-7-14-6-1-2-8-16(14)17/h1-2,5-9,15,18H,10-13H2. The molecule has 0 heterocycles. The van der Waals surface area contributed by atoms with Gasteiger partial charge in [0.1, 0.15) is 12.4 Å². The van der Waals surface area contributed by atoms with E-state index < -0.39 is 10.0 Å². The zero-order valence-electron chi connectivity index (χ0n) is 12.1. The molecule has 5 heteroatoms. The van der Waals surface area contributed by atoms with Gasteiger partial charge in [0.05, 0.1) is 11.8 Å². The zero-order valence-corrected chi connectivity index (χ0v) is 12.9. The Labute approximate surface area is 130 Å². The molecular formula is C17H17NO3S. The molecule has 1 fully saturated rings. The van der Waals surface area contributed by atoms with Crippen LogP contribution in [0.2, 0.25) is 0 Å². The Morgan fingerprint density at radius 2 is 1.86 bits per heavy atom. The summed E-state index contributed by atoms with van der Waals surface area (Å²) in [5, 5.41) is 1.95. The third-order valence-corrected chi connectivity index (χ3v) is 5.40. The summed E-state index contributed by atoms with van der Waals surface area (Å²) in [5.41, 5.74) is 0. The summed E-state index contributed by atoms with van der Waals surface area (Å²) >= 11 is 0. The predicted octanol–water partition coefficient (Wildman–Crippen LogP) is 2.30. The number of hydrogen-bond acceptors (Lipinski definition) is 3. The summed E-state index contributed by atoms with van der Waals surface area (Å²) < 4.78 is 31.3. The number of hydrogen-bond donors (Lipinski definition) is 1. The first-order valence-corrected chi connectivity index (χ1v) is 8.76. The van der Waals surface area contributed by atoms with Crippen LogP contribution in [0.1, 0.15) is 12.8 Å². The molecule has 1 aliphatic carbocycles. The fourth-order valence-electron chi connectivity index (χ4n) is 2.18. The minimum atomic E-state index is -3.15. The van der Waals surface area contributed by atoms with Gasteiger partial charge in [0.15, 0.2) is 0 Å². The van der Waals surface area contributed by atoms with Crippen molar-refractivity contribution in [1.29, 1.82) is 0 Å². The third-order valence-electron chi connectivity index (χ3n) is 3.50. The van der Waals surface area contributed by atoms with E-state index in [1.54, 1.807) is 0 Å². The first-order valence-electron chi connectivity index (χ1n) is 7.21. The van der Waals surface area contributed by atoms with Crippen molar-refractivity contribution in [2.24, 2.45) is 0 Å². The Balaban J connectivity index is 1.54. The van der Waals surface area contributed by atoms with Crippen molar-refractivity contribution in [2.45, 2.75) is 18.1 Å². The average Bonchev–Trinajstić information content (AvgIpc) is 3.36. The van der Waals surface area contributed by atoms with Crippen LogP contribution in [0.25, 0.3) is 10.8 Å². The Hall–Kier alpha value is -2.03. The van der Waals surface area contributed by atoms with E-state index in [1.165, 1.54) is 0 Å². The van der Waals surface area contributed by atoms with Crippen molar-refractivity contribution in [1.82, 2.24) is 4.72 Å². The molecule has 2 aromatic rings. The van der Waals surface area contributed by atoms with E-state index in [0.29, 0.717) is 0 Å². The lowest BCUT2D eigenvalue weighted by Gasteiger charge is -2.06. The lowest BCUT2D eigenvalue weighted by atomic mass is 10.1. The lowest BCUT2D eigenvalue weighted by Crippen LogP contribution is -2.27. The van der Waals surface area contributed by atoms with E-state index in [2.05, 4.69) is 16.6 Å². The highest BCUT2D eigenvalue weighted by molar-refractivity contribution is 7.90. The van der Waals surface area contributed by atoms with Crippen LogP contribution in [0.5, 0.6) is 5.75 Å². The van der Waals surface area contributed by atoms with Gasteiger partial charge < -0.3 is 4.74 Å². The fourth-order valence-corrected chi connectivity index (χ4v) is 3.45. The molecule has 0 aromatic heterocycles. The summed E-state index contributed by atoms with van der Waals surface area (Å²) in [7, 11) is -3.15. The highest BCUT2D eigenvalue weighted by Gasteiger charge is 2.34. The average molecular weight is 315 g/mol. The molecule has 22 heavy (non-hydrogen) atoms. The summed E-state index contributed by atoms with van der Waals surface area (Å²) in [5.74, 6) is 6.39. The smallest absolute Gasteiger partial charge is 0.215 e. The maximum absolute atomic E-state index is 11.6. The van der Waals surface area contributed by atoms with Crippen LogP contribution in [0, 0.1) is 11.8 Å². The second-order valence-electron chi connectivity index (χ2n) is 5.18. The molecule has 3 rings (SSSR count). The maximum Gasteiger partial charge on any atom is 0.215 e. The molecule has 4 nitrogen and oxygen atoms in total. The van der Waals surface area contributed by atoms with Crippen molar-refractivity contribution in [3.05, 3.63) is 42.5 Å². The maximum atomic E-state index is 11.6. The number of fused-ring (bicyclic) bond motifs is 1. The second kappa shape index (κ2) is 6.39. The molecule has 1 saturated carbocycles. The topological polar surface area (TPSA) is 55.4 Å². The van der Waals surface area contributed by atoms with E-state index in [0.717, 1.165) is 29.4 Å². The second-order valence-corrected chi connectivity index (χ2v) is 7.23. The number of benzene rings is 2. The van der Waals surface area contributed by atoms with Gasteiger partial charge in [-0.25, -0.2) is 13.1 Å².